The summed E-state index contributed by atoms with van der Waals surface area (Å²) >= 11 is 0. The minimum atomic E-state index is 0.846. The first kappa shape index (κ1) is 6.44. The molecule has 2 bridgehead atoms. The zero-order valence-corrected chi connectivity index (χ0v) is 6.92. The van der Waals surface area contributed by atoms with Crippen molar-refractivity contribution in [1.29, 1.82) is 0 Å². The van der Waals surface area contributed by atoms with Gasteiger partial charge in [0.2, 0.25) is 0 Å². The molecule has 1 saturated carbocycles. The number of hydrogen-bond donors (Lipinski definition) is 1. The van der Waals surface area contributed by atoms with Crippen molar-refractivity contribution in [3.8, 4) is 0 Å². The molecular formula is C9H16N2. The second kappa shape index (κ2) is 2.20. The van der Waals surface area contributed by atoms with Gasteiger partial charge in [-0.05, 0) is 25.2 Å². The van der Waals surface area contributed by atoms with Gasteiger partial charge in [0, 0.05) is 31.7 Å². The van der Waals surface area contributed by atoms with E-state index in [1.165, 1.54) is 38.9 Å². The molecule has 2 heteroatoms. The summed E-state index contributed by atoms with van der Waals surface area (Å²) in [7, 11) is 0. The molecule has 62 valence electrons. The summed E-state index contributed by atoms with van der Waals surface area (Å²) in [4.78, 5) is 2.71. The van der Waals surface area contributed by atoms with Crippen molar-refractivity contribution >= 4 is 0 Å². The summed E-state index contributed by atoms with van der Waals surface area (Å²) < 4.78 is 0. The molecule has 1 aliphatic carbocycles. The Kier molecular flexibility index (Phi) is 1.29. The van der Waals surface area contributed by atoms with E-state index in [2.05, 4.69) is 10.2 Å². The second-order valence-electron chi connectivity index (χ2n) is 4.39. The molecule has 0 unspecified atom stereocenters. The van der Waals surface area contributed by atoms with Crippen LogP contribution in [0.1, 0.15) is 19.3 Å². The lowest BCUT2D eigenvalue weighted by molar-refractivity contribution is 0.217. The van der Waals surface area contributed by atoms with E-state index in [-0.39, 0.29) is 0 Å². The molecule has 3 fully saturated rings. The van der Waals surface area contributed by atoms with E-state index >= 15 is 0 Å². The number of piperazine rings is 1. The fraction of sp³-hybridized carbons (Fsp3) is 1.00. The van der Waals surface area contributed by atoms with Crippen LogP contribution in [0.15, 0.2) is 0 Å². The maximum absolute atomic E-state index is 3.54. The molecule has 2 saturated heterocycles. The predicted molar refractivity (Wildman–Crippen MR) is 44.5 cm³/mol. The van der Waals surface area contributed by atoms with Crippen LogP contribution in [0.2, 0.25) is 0 Å². The minimum absolute atomic E-state index is 0.846. The molecule has 0 aromatic heterocycles. The number of nitrogens with zero attached hydrogens (tertiary/aromatic N) is 1. The summed E-state index contributed by atoms with van der Waals surface area (Å²) in [6, 6.07) is 1.75. The lowest BCUT2D eigenvalue weighted by Gasteiger charge is -2.26. The predicted octanol–water partition coefficient (Wildman–Crippen LogP) is 0.442. The standard InChI is InChI=1S/C9H16N2/c1-2-7(1)5-11-6-8-3-9(11)4-10-8/h7-10H,1-6H2/t8-,9+/m0/s1. The van der Waals surface area contributed by atoms with Gasteiger partial charge in [-0.25, -0.2) is 0 Å². The quantitative estimate of drug-likeness (QED) is 0.618. The van der Waals surface area contributed by atoms with Crippen molar-refractivity contribution in [3.63, 3.8) is 0 Å². The van der Waals surface area contributed by atoms with Gasteiger partial charge in [-0.2, -0.15) is 0 Å². The summed E-state index contributed by atoms with van der Waals surface area (Å²) in [5.74, 6) is 1.08. The molecule has 3 aliphatic rings. The maximum atomic E-state index is 3.54. The van der Waals surface area contributed by atoms with Gasteiger partial charge < -0.3 is 5.32 Å². The normalized spacial score (nSPS) is 43.6. The summed E-state index contributed by atoms with van der Waals surface area (Å²) in [5.41, 5.74) is 0. The Morgan fingerprint density at radius 1 is 1.36 bits per heavy atom. The highest BCUT2D eigenvalue weighted by Crippen LogP contribution is 2.33. The van der Waals surface area contributed by atoms with E-state index < -0.39 is 0 Å². The van der Waals surface area contributed by atoms with Crippen LogP contribution in [0.25, 0.3) is 0 Å². The van der Waals surface area contributed by atoms with E-state index in [4.69, 9.17) is 0 Å². The number of nitrogens with one attached hydrogen (secondary N) is 1. The zero-order valence-electron chi connectivity index (χ0n) is 6.92. The molecule has 3 rings (SSSR count). The smallest absolute Gasteiger partial charge is 0.0236 e. The highest BCUT2D eigenvalue weighted by Gasteiger charge is 2.39. The van der Waals surface area contributed by atoms with Crippen molar-refractivity contribution in [2.45, 2.75) is 31.3 Å². The van der Waals surface area contributed by atoms with Crippen molar-refractivity contribution in [3.05, 3.63) is 0 Å². The van der Waals surface area contributed by atoms with E-state index in [9.17, 15) is 0 Å². The monoisotopic (exact) mass is 152 g/mol. The van der Waals surface area contributed by atoms with Gasteiger partial charge in [0.25, 0.3) is 0 Å². The molecular weight excluding hydrogens is 136 g/mol. The number of likely N-dealkylation sites (tertiary alicyclic amines) is 1. The average molecular weight is 152 g/mol. The van der Waals surface area contributed by atoms with Crippen molar-refractivity contribution < 1.29 is 0 Å². The summed E-state index contributed by atoms with van der Waals surface area (Å²) in [5, 5.41) is 3.54. The van der Waals surface area contributed by atoms with Crippen molar-refractivity contribution in [1.82, 2.24) is 10.2 Å². The minimum Gasteiger partial charge on any atom is -0.311 e. The summed E-state index contributed by atoms with van der Waals surface area (Å²) in [6.07, 6.45) is 4.43. The molecule has 2 nitrogen and oxygen atoms in total. The Morgan fingerprint density at radius 2 is 2.27 bits per heavy atom. The topological polar surface area (TPSA) is 15.3 Å². The average Bonchev–Trinajstić information content (AvgIpc) is 2.61. The van der Waals surface area contributed by atoms with Gasteiger partial charge >= 0.3 is 0 Å². The number of fused-ring (bicyclic) bond motifs is 2. The first-order valence-corrected chi connectivity index (χ1v) is 4.89. The third-order valence-corrected chi connectivity index (χ3v) is 3.36. The zero-order chi connectivity index (χ0) is 7.26. The highest BCUT2D eigenvalue weighted by molar-refractivity contribution is 4.98. The fourth-order valence-corrected chi connectivity index (χ4v) is 2.50. The van der Waals surface area contributed by atoms with Crippen LogP contribution in [-0.2, 0) is 0 Å². The molecule has 0 aromatic rings. The van der Waals surface area contributed by atoms with Gasteiger partial charge in [0.05, 0.1) is 0 Å². The van der Waals surface area contributed by atoms with Crippen LogP contribution in [0.3, 0.4) is 0 Å². The molecule has 2 heterocycles. The van der Waals surface area contributed by atoms with Crippen molar-refractivity contribution in [2.75, 3.05) is 19.6 Å². The van der Waals surface area contributed by atoms with Crippen molar-refractivity contribution in [2.24, 2.45) is 5.92 Å². The van der Waals surface area contributed by atoms with Crippen LogP contribution >= 0.6 is 0 Å². The Morgan fingerprint density at radius 3 is 2.82 bits per heavy atom. The van der Waals surface area contributed by atoms with E-state index in [0.717, 1.165) is 18.0 Å². The Bertz CT molecular complexity index is 165. The van der Waals surface area contributed by atoms with Gasteiger partial charge in [-0.1, -0.05) is 0 Å². The lowest BCUT2D eigenvalue weighted by Crippen LogP contribution is -2.44. The molecule has 0 spiro atoms. The van der Waals surface area contributed by atoms with E-state index in [1.807, 2.05) is 0 Å². The highest BCUT2D eigenvalue weighted by atomic mass is 15.3. The molecule has 0 aromatic carbocycles. The Balaban J connectivity index is 1.62. The first-order valence-electron chi connectivity index (χ1n) is 4.89. The van der Waals surface area contributed by atoms with Gasteiger partial charge in [0.15, 0.2) is 0 Å². The SMILES string of the molecule is C1CC1CN1C[C@@H]2C[C@@H]1CN2. The Hall–Kier alpha value is -0.0800. The van der Waals surface area contributed by atoms with E-state index in [1.54, 1.807) is 0 Å². The molecule has 0 amide bonds. The van der Waals surface area contributed by atoms with Crippen LogP contribution < -0.4 is 5.32 Å². The van der Waals surface area contributed by atoms with Crippen LogP contribution in [0.5, 0.6) is 0 Å². The molecule has 11 heavy (non-hydrogen) atoms. The van der Waals surface area contributed by atoms with Gasteiger partial charge in [0.1, 0.15) is 0 Å². The van der Waals surface area contributed by atoms with E-state index in [0.29, 0.717) is 0 Å². The maximum Gasteiger partial charge on any atom is 0.0236 e. The van der Waals surface area contributed by atoms with Gasteiger partial charge in [-0.15, -0.1) is 0 Å². The van der Waals surface area contributed by atoms with Gasteiger partial charge in [-0.3, -0.25) is 4.90 Å². The third kappa shape index (κ3) is 1.09. The van der Waals surface area contributed by atoms with Crippen LogP contribution in [-0.4, -0.2) is 36.6 Å². The Labute approximate surface area is 68.0 Å². The number of rotatable bonds is 2. The lowest BCUT2D eigenvalue weighted by atomic mass is 10.2. The molecule has 2 atom stereocenters. The second-order valence-corrected chi connectivity index (χ2v) is 4.39. The molecule has 1 N–H and O–H groups in total. The van der Waals surface area contributed by atoms with Crippen LogP contribution in [0, 0.1) is 5.92 Å². The summed E-state index contributed by atoms with van der Waals surface area (Å²) in [6.45, 7) is 4.00. The first-order chi connectivity index (χ1) is 5.42. The third-order valence-electron chi connectivity index (χ3n) is 3.36. The molecule has 0 radical (unpaired) electrons. The van der Waals surface area contributed by atoms with Crippen LogP contribution in [0.4, 0.5) is 0 Å². The number of hydrogen-bond acceptors (Lipinski definition) is 2. The molecule has 2 aliphatic heterocycles. The fourth-order valence-electron chi connectivity index (χ4n) is 2.50. The largest absolute Gasteiger partial charge is 0.311 e.